The molecule has 0 bridgehead atoms. The van der Waals surface area contributed by atoms with Crippen LogP contribution in [-0.2, 0) is 10.0 Å². The van der Waals surface area contributed by atoms with Gasteiger partial charge in [0.1, 0.15) is 24.0 Å². The van der Waals surface area contributed by atoms with Crippen molar-refractivity contribution in [3.8, 4) is 11.4 Å². The number of sulfonamides is 1. The number of halogens is 1. The maximum absolute atomic E-state index is 13.4. The highest BCUT2D eigenvalue weighted by Crippen LogP contribution is 2.24. The molecule has 0 amide bonds. The van der Waals surface area contributed by atoms with E-state index < -0.39 is 15.8 Å². The molecular weight excluding hydrogens is 385 g/mol. The van der Waals surface area contributed by atoms with Gasteiger partial charge < -0.3 is 4.74 Å². The quantitative estimate of drug-likeness (QED) is 0.648. The number of piperidine rings is 1. The first-order valence-corrected chi connectivity index (χ1v) is 10.2. The molecule has 1 aliphatic heterocycles. The minimum atomic E-state index is -3.70. The maximum atomic E-state index is 13.4. The SMILES string of the molecule is O=S(=O)(c1cccc(F)c1)N1CCC(Oc2ccc(-n3cnnn3)cc2)CC1. The lowest BCUT2D eigenvalue weighted by molar-refractivity contribution is 0.135. The van der Waals surface area contributed by atoms with Gasteiger partial charge in [-0.3, -0.25) is 0 Å². The first kappa shape index (κ1) is 18.5. The van der Waals surface area contributed by atoms with E-state index in [9.17, 15) is 12.8 Å². The van der Waals surface area contributed by atoms with Crippen LogP contribution in [0.3, 0.4) is 0 Å². The van der Waals surface area contributed by atoms with Gasteiger partial charge in [0.2, 0.25) is 10.0 Å². The van der Waals surface area contributed by atoms with Crippen LogP contribution in [0.15, 0.2) is 59.8 Å². The van der Waals surface area contributed by atoms with E-state index in [1.165, 1.54) is 28.8 Å². The summed E-state index contributed by atoms with van der Waals surface area (Å²) in [6.07, 6.45) is 2.54. The van der Waals surface area contributed by atoms with Gasteiger partial charge >= 0.3 is 0 Å². The number of aromatic nitrogens is 4. The smallest absolute Gasteiger partial charge is 0.243 e. The van der Waals surface area contributed by atoms with Crippen LogP contribution in [0.2, 0.25) is 0 Å². The second kappa shape index (κ2) is 7.64. The van der Waals surface area contributed by atoms with Crippen molar-refractivity contribution in [2.75, 3.05) is 13.1 Å². The zero-order valence-corrected chi connectivity index (χ0v) is 15.7. The molecule has 28 heavy (non-hydrogen) atoms. The normalized spacial score (nSPS) is 16.2. The Morgan fingerprint density at radius 3 is 2.46 bits per heavy atom. The molecule has 1 aliphatic rings. The zero-order chi connectivity index (χ0) is 19.6. The van der Waals surface area contributed by atoms with Gasteiger partial charge in [-0.2, -0.15) is 4.31 Å². The van der Waals surface area contributed by atoms with E-state index in [0.29, 0.717) is 31.7 Å². The molecule has 1 saturated heterocycles. The minimum Gasteiger partial charge on any atom is -0.490 e. The van der Waals surface area contributed by atoms with Gasteiger partial charge in [0, 0.05) is 13.1 Å². The van der Waals surface area contributed by atoms with E-state index in [1.807, 2.05) is 24.3 Å². The van der Waals surface area contributed by atoms with Crippen molar-refractivity contribution in [2.24, 2.45) is 0 Å². The summed E-state index contributed by atoms with van der Waals surface area (Å²) in [6, 6.07) is 12.4. The molecule has 1 aromatic heterocycles. The molecule has 0 spiro atoms. The molecule has 0 unspecified atom stereocenters. The van der Waals surface area contributed by atoms with Gasteiger partial charge in [-0.1, -0.05) is 6.07 Å². The van der Waals surface area contributed by atoms with Crippen molar-refractivity contribution in [3.05, 3.63) is 60.7 Å². The van der Waals surface area contributed by atoms with Crippen molar-refractivity contribution in [1.82, 2.24) is 24.5 Å². The molecule has 0 aliphatic carbocycles. The standard InChI is InChI=1S/C18H18FN5O3S/c19-14-2-1-3-18(12-14)28(25,26)23-10-8-17(9-11-23)27-16-6-4-15(5-7-16)24-13-20-21-22-24/h1-7,12-13,17H,8-11H2. The summed E-state index contributed by atoms with van der Waals surface area (Å²) >= 11 is 0. The van der Waals surface area contributed by atoms with Crippen LogP contribution in [-0.4, -0.2) is 52.1 Å². The fourth-order valence-electron chi connectivity index (χ4n) is 3.12. The third-order valence-electron chi connectivity index (χ3n) is 4.59. The Morgan fingerprint density at radius 1 is 1.07 bits per heavy atom. The molecule has 1 fully saturated rings. The molecule has 146 valence electrons. The van der Waals surface area contributed by atoms with Gasteiger partial charge in [-0.15, -0.1) is 5.10 Å². The molecule has 0 radical (unpaired) electrons. The minimum absolute atomic E-state index is 0.0231. The van der Waals surface area contributed by atoms with Crippen LogP contribution in [0.5, 0.6) is 5.75 Å². The van der Waals surface area contributed by atoms with Crippen molar-refractivity contribution in [1.29, 1.82) is 0 Å². The second-order valence-electron chi connectivity index (χ2n) is 6.43. The highest BCUT2D eigenvalue weighted by Gasteiger charge is 2.30. The highest BCUT2D eigenvalue weighted by atomic mass is 32.2. The van der Waals surface area contributed by atoms with Crippen molar-refractivity contribution < 1.29 is 17.5 Å². The van der Waals surface area contributed by atoms with Crippen LogP contribution in [0, 0.1) is 5.82 Å². The summed E-state index contributed by atoms with van der Waals surface area (Å²) in [4.78, 5) is -0.0231. The highest BCUT2D eigenvalue weighted by molar-refractivity contribution is 7.89. The van der Waals surface area contributed by atoms with E-state index >= 15 is 0 Å². The lowest BCUT2D eigenvalue weighted by Crippen LogP contribution is -2.41. The van der Waals surface area contributed by atoms with Crippen LogP contribution in [0.25, 0.3) is 5.69 Å². The number of ether oxygens (including phenoxy) is 1. The predicted molar refractivity (Wildman–Crippen MR) is 98.0 cm³/mol. The third kappa shape index (κ3) is 3.87. The van der Waals surface area contributed by atoms with Crippen LogP contribution in [0.1, 0.15) is 12.8 Å². The summed E-state index contributed by atoms with van der Waals surface area (Å²) < 4.78 is 47.6. The second-order valence-corrected chi connectivity index (χ2v) is 8.36. The largest absolute Gasteiger partial charge is 0.490 e. The molecule has 8 nitrogen and oxygen atoms in total. The Morgan fingerprint density at radius 2 is 1.82 bits per heavy atom. The number of nitrogens with zero attached hydrogens (tertiary/aromatic N) is 5. The fraction of sp³-hybridized carbons (Fsp3) is 0.278. The Labute approximate surface area is 161 Å². The Balaban J connectivity index is 1.36. The number of tetrazole rings is 1. The molecule has 0 saturated carbocycles. The molecule has 3 aromatic rings. The molecule has 0 atom stereocenters. The molecular formula is C18H18FN5O3S. The number of rotatable bonds is 5. The Bertz CT molecular complexity index is 1030. The summed E-state index contributed by atoms with van der Waals surface area (Å²) in [5.74, 6) is 0.132. The molecule has 4 rings (SSSR count). The van der Waals surface area contributed by atoms with Gasteiger partial charge in [0.25, 0.3) is 0 Å². The van der Waals surface area contributed by atoms with E-state index in [4.69, 9.17) is 4.74 Å². The van der Waals surface area contributed by atoms with Crippen LogP contribution in [0.4, 0.5) is 4.39 Å². The topological polar surface area (TPSA) is 90.2 Å². The number of benzene rings is 2. The van der Waals surface area contributed by atoms with Crippen LogP contribution >= 0.6 is 0 Å². The van der Waals surface area contributed by atoms with E-state index in [0.717, 1.165) is 11.8 Å². The predicted octanol–water partition coefficient (Wildman–Crippen LogP) is 2.03. The summed E-state index contributed by atoms with van der Waals surface area (Å²) in [7, 11) is -3.70. The van der Waals surface area contributed by atoms with Gasteiger partial charge in [0.05, 0.1) is 10.6 Å². The maximum Gasteiger partial charge on any atom is 0.243 e. The van der Waals surface area contributed by atoms with Crippen molar-refractivity contribution >= 4 is 10.0 Å². The van der Waals surface area contributed by atoms with Crippen molar-refractivity contribution in [3.63, 3.8) is 0 Å². The summed E-state index contributed by atoms with van der Waals surface area (Å²) in [5.41, 5.74) is 0.813. The van der Waals surface area contributed by atoms with Gasteiger partial charge in [-0.05, 0) is 65.7 Å². The van der Waals surface area contributed by atoms with Gasteiger partial charge in [0.15, 0.2) is 0 Å². The summed E-state index contributed by atoms with van der Waals surface area (Å²) in [6.45, 7) is 0.651. The number of hydrogen-bond donors (Lipinski definition) is 0. The average Bonchev–Trinajstić information content (AvgIpc) is 3.24. The van der Waals surface area contributed by atoms with Crippen molar-refractivity contribution in [2.45, 2.75) is 23.8 Å². The Kier molecular flexibility index (Phi) is 5.05. The first-order chi connectivity index (χ1) is 13.5. The van der Waals surface area contributed by atoms with E-state index in [2.05, 4.69) is 15.5 Å². The first-order valence-electron chi connectivity index (χ1n) is 8.78. The Hall–Kier alpha value is -2.85. The molecule has 2 heterocycles. The number of hydrogen-bond acceptors (Lipinski definition) is 6. The lowest BCUT2D eigenvalue weighted by atomic mass is 10.1. The molecule has 10 heteroatoms. The third-order valence-corrected chi connectivity index (χ3v) is 6.48. The fourth-order valence-corrected chi connectivity index (χ4v) is 4.62. The molecule has 0 N–H and O–H groups in total. The average molecular weight is 403 g/mol. The monoisotopic (exact) mass is 403 g/mol. The van der Waals surface area contributed by atoms with Crippen LogP contribution < -0.4 is 4.74 Å². The molecule has 2 aromatic carbocycles. The van der Waals surface area contributed by atoms with Gasteiger partial charge in [-0.25, -0.2) is 17.5 Å². The van der Waals surface area contributed by atoms with E-state index in [1.54, 1.807) is 4.68 Å². The lowest BCUT2D eigenvalue weighted by Gasteiger charge is -2.31. The zero-order valence-electron chi connectivity index (χ0n) is 14.8. The van der Waals surface area contributed by atoms with E-state index in [-0.39, 0.29) is 11.0 Å². The summed E-state index contributed by atoms with van der Waals surface area (Å²) in [5, 5.41) is 11.0.